The predicted molar refractivity (Wildman–Crippen MR) is 66.4 cm³/mol. The number of ketones is 1. The standard InChI is InChI=1S/C14H14OS/c15-13-10-5-4-6-11(9-10)14(13)16-12-7-2-1-3-8-12/h1-4,6-8,10-11,14H,5,9H2/t10-,11+,14+/m0/s1. The molecule has 0 aromatic heterocycles. The third kappa shape index (κ3) is 1.71. The molecule has 3 atom stereocenters. The molecule has 0 spiro atoms. The molecule has 1 fully saturated rings. The van der Waals surface area contributed by atoms with Crippen LogP contribution in [0.4, 0.5) is 0 Å². The van der Waals surface area contributed by atoms with Gasteiger partial charge in [0.2, 0.25) is 0 Å². The summed E-state index contributed by atoms with van der Waals surface area (Å²) in [5.41, 5.74) is 0. The van der Waals surface area contributed by atoms with Crippen LogP contribution in [0.2, 0.25) is 0 Å². The fourth-order valence-electron chi connectivity index (χ4n) is 2.61. The second-order valence-corrected chi connectivity index (χ2v) is 5.73. The van der Waals surface area contributed by atoms with E-state index in [1.54, 1.807) is 11.8 Å². The summed E-state index contributed by atoms with van der Waals surface area (Å²) in [7, 11) is 0. The summed E-state index contributed by atoms with van der Waals surface area (Å²) in [5.74, 6) is 1.23. The SMILES string of the molecule is O=C1[C@H]2CC=C[C@H](C2)[C@H]1Sc1ccccc1. The van der Waals surface area contributed by atoms with Crippen molar-refractivity contribution in [2.24, 2.45) is 11.8 Å². The van der Waals surface area contributed by atoms with Gasteiger partial charge in [-0.3, -0.25) is 4.79 Å². The van der Waals surface area contributed by atoms with E-state index in [-0.39, 0.29) is 5.25 Å². The number of carbonyl (C=O) groups is 1. The molecule has 1 aromatic rings. The summed E-state index contributed by atoms with van der Waals surface area (Å²) in [5, 5.41) is 0.158. The summed E-state index contributed by atoms with van der Waals surface area (Å²) >= 11 is 1.73. The van der Waals surface area contributed by atoms with Gasteiger partial charge in [-0.2, -0.15) is 0 Å². The summed E-state index contributed by atoms with van der Waals surface area (Å²) in [6, 6.07) is 10.3. The van der Waals surface area contributed by atoms with Crippen LogP contribution in [-0.4, -0.2) is 11.0 Å². The highest BCUT2D eigenvalue weighted by atomic mass is 32.2. The average Bonchev–Trinajstić information content (AvgIpc) is 2.55. The van der Waals surface area contributed by atoms with E-state index in [9.17, 15) is 4.79 Å². The molecular formula is C14H14OS. The van der Waals surface area contributed by atoms with Gasteiger partial charge in [-0.05, 0) is 30.9 Å². The van der Waals surface area contributed by atoms with Crippen molar-refractivity contribution < 1.29 is 4.79 Å². The monoisotopic (exact) mass is 230 g/mol. The van der Waals surface area contributed by atoms with Crippen LogP contribution in [0.1, 0.15) is 12.8 Å². The van der Waals surface area contributed by atoms with Gasteiger partial charge in [-0.15, -0.1) is 11.8 Å². The van der Waals surface area contributed by atoms with E-state index in [0.717, 1.165) is 12.8 Å². The van der Waals surface area contributed by atoms with Crippen LogP contribution in [0.3, 0.4) is 0 Å². The highest BCUT2D eigenvalue weighted by Gasteiger charge is 2.42. The molecule has 0 unspecified atom stereocenters. The lowest BCUT2D eigenvalue weighted by Crippen LogP contribution is -2.17. The van der Waals surface area contributed by atoms with E-state index in [4.69, 9.17) is 0 Å². The molecule has 2 aliphatic rings. The fourth-order valence-corrected chi connectivity index (χ4v) is 3.90. The molecular weight excluding hydrogens is 216 g/mol. The van der Waals surface area contributed by atoms with E-state index in [0.29, 0.717) is 17.6 Å². The minimum Gasteiger partial charge on any atom is -0.298 e. The zero-order chi connectivity index (χ0) is 11.0. The van der Waals surface area contributed by atoms with Crippen molar-refractivity contribution in [1.82, 2.24) is 0 Å². The van der Waals surface area contributed by atoms with Crippen molar-refractivity contribution in [1.29, 1.82) is 0 Å². The lowest BCUT2D eigenvalue weighted by atomic mass is 9.96. The molecule has 2 bridgehead atoms. The zero-order valence-electron chi connectivity index (χ0n) is 9.00. The average molecular weight is 230 g/mol. The number of thioether (sulfide) groups is 1. The van der Waals surface area contributed by atoms with Gasteiger partial charge in [0.25, 0.3) is 0 Å². The van der Waals surface area contributed by atoms with Gasteiger partial charge in [0, 0.05) is 10.8 Å². The number of rotatable bonds is 2. The van der Waals surface area contributed by atoms with Gasteiger partial charge >= 0.3 is 0 Å². The number of allylic oxidation sites excluding steroid dienone is 2. The van der Waals surface area contributed by atoms with Gasteiger partial charge in [0.05, 0.1) is 5.25 Å². The predicted octanol–water partition coefficient (Wildman–Crippen LogP) is 3.31. The largest absolute Gasteiger partial charge is 0.298 e. The number of hydrogen-bond acceptors (Lipinski definition) is 2. The highest BCUT2D eigenvalue weighted by molar-refractivity contribution is 8.00. The van der Waals surface area contributed by atoms with Crippen LogP contribution in [0.15, 0.2) is 47.4 Å². The molecule has 0 aliphatic heterocycles. The maximum atomic E-state index is 12.1. The summed E-state index contributed by atoms with van der Waals surface area (Å²) in [6.45, 7) is 0. The third-order valence-corrected chi connectivity index (χ3v) is 4.82. The Morgan fingerprint density at radius 2 is 2.00 bits per heavy atom. The fraction of sp³-hybridized carbons (Fsp3) is 0.357. The maximum Gasteiger partial charge on any atom is 0.150 e. The summed E-state index contributed by atoms with van der Waals surface area (Å²) in [4.78, 5) is 13.3. The molecule has 16 heavy (non-hydrogen) atoms. The van der Waals surface area contributed by atoms with Crippen LogP contribution >= 0.6 is 11.8 Å². The Morgan fingerprint density at radius 1 is 1.19 bits per heavy atom. The molecule has 2 aliphatic carbocycles. The smallest absolute Gasteiger partial charge is 0.150 e. The van der Waals surface area contributed by atoms with Gasteiger partial charge in [0.15, 0.2) is 0 Å². The Balaban J connectivity index is 1.81. The first-order valence-electron chi connectivity index (χ1n) is 5.76. The topological polar surface area (TPSA) is 17.1 Å². The Labute approximate surface area is 99.9 Å². The molecule has 0 N–H and O–H groups in total. The molecule has 82 valence electrons. The van der Waals surface area contributed by atoms with Crippen LogP contribution in [0.25, 0.3) is 0 Å². The molecule has 1 saturated carbocycles. The molecule has 0 saturated heterocycles. The normalized spacial score (nSPS) is 32.0. The van der Waals surface area contributed by atoms with Crippen LogP contribution in [-0.2, 0) is 4.79 Å². The first-order chi connectivity index (χ1) is 7.84. The van der Waals surface area contributed by atoms with Crippen molar-refractivity contribution in [2.75, 3.05) is 0 Å². The van der Waals surface area contributed by atoms with E-state index in [2.05, 4.69) is 24.3 Å². The lowest BCUT2D eigenvalue weighted by molar-refractivity contribution is -0.120. The first kappa shape index (κ1) is 10.2. The second kappa shape index (κ2) is 4.10. The maximum absolute atomic E-state index is 12.1. The summed E-state index contributed by atoms with van der Waals surface area (Å²) < 4.78 is 0. The Bertz CT molecular complexity index is 424. The minimum atomic E-state index is 0.158. The number of fused-ring (bicyclic) bond motifs is 2. The molecule has 0 radical (unpaired) electrons. The van der Waals surface area contributed by atoms with Crippen molar-refractivity contribution in [2.45, 2.75) is 23.0 Å². The van der Waals surface area contributed by atoms with Crippen LogP contribution in [0, 0.1) is 11.8 Å². The van der Waals surface area contributed by atoms with Crippen molar-refractivity contribution >= 4 is 17.5 Å². The highest BCUT2D eigenvalue weighted by Crippen LogP contribution is 2.43. The van der Waals surface area contributed by atoms with Gasteiger partial charge in [-0.1, -0.05) is 30.4 Å². The number of hydrogen-bond donors (Lipinski definition) is 0. The van der Waals surface area contributed by atoms with E-state index in [1.807, 2.05) is 18.2 Å². The number of benzene rings is 1. The number of carbonyl (C=O) groups excluding carboxylic acids is 1. The van der Waals surface area contributed by atoms with E-state index in [1.165, 1.54) is 4.90 Å². The molecule has 0 amide bonds. The number of Topliss-reactive ketones (excluding diaryl/α,β-unsaturated/α-hetero) is 1. The summed E-state index contributed by atoms with van der Waals surface area (Å²) in [6.07, 6.45) is 6.45. The Kier molecular flexibility index (Phi) is 2.60. The Hall–Kier alpha value is -1.02. The molecule has 0 heterocycles. The second-order valence-electron chi connectivity index (χ2n) is 4.51. The molecule has 3 rings (SSSR count). The van der Waals surface area contributed by atoms with Crippen molar-refractivity contribution in [3.05, 3.63) is 42.5 Å². The van der Waals surface area contributed by atoms with Gasteiger partial charge in [-0.25, -0.2) is 0 Å². The molecule has 2 heteroatoms. The quantitative estimate of drug-likeness (QED) is 0.725. The van der Waals surface area contributed by atoms with Crippen LogP contribution in [0.5, 0.6) is 0 Å². The Morgan fingerprint density at radius 3 is 2.75 bits per heavy atom. The minimum absolute atomic E-state index is 0.158. The third-order valence-electron chi connectivity index (χ3n) is 3.44. The zero-order valence-corrected chi connectivity index (χ0v) is 9.82. The van der Waals surface area contributed by atoms with Crippen molar-refractivity contribution in [3.8, 4) is 0 Å². The van der Waals surface area contributed by atoms with Crippen molar-refractivity contribution in [3.63, 3.8) is 0 Å². The lowest BCUT2D eigenvalue weighted by Gasteiger charge is -2.14. The van der Waals surface area contributed by atoms with Gasteiger partial charge in [0.1, 0.15) is 5.78 Å². The first-order valence-corrected chi connectivity index (χ1v) is 6.64. The molecule has 1 aromatic carbocycles. The van der Waals surface area contributed by atoms with Crippen LogP contribution < -0.4 is 0 Å². The molecule has 1 nitrogen and oxygen atoms in total. The van der Waals surface area contributed by atoms with E-state index >= 15 is 0 Å². The van der Waals surface area contributed by atoms with Gasteiger partial charge < -0.3 is 0 Å². The van der Waals surface area contributed by atoms with E-state index < -0.39 is 0 Å².